The van der Waals surface area contributed by atoms with E-state index in [4.69, 9.17) is 4.74 Å². The zero-order valence-electron chi connectivity index (χ0n) is 16.1. The molecule has 27 heavy (non-hydrogen) atoms. The summed E-state index contributed by atoms with van der Waals surface area (Å²) in [5.41, 5.74) is 3.32. The van der Waals surface area contributed by atoms with Crippen molar-refractivity contribution in [2.24, 2.45) is 0 Å². The highest BCUT2D eigenvalue weighted by molar-refractivity contribution is 5.68. The molecule has 0 saturated heterocycles. The van der Waals surface area contributed by atoms with Gasteiger partial charge in [-0.1, -0.05) is 54.6 Å². The summed E-state index contributed by atoms with van der Waals surface area (Å²) in [6, 6.07) is 18.2. The third kappa shape index (κ3) is 7.52. The van der Waals surface area contributed by atoms with Gasteiger partial charge in [0.25, 0.3) is 6.47 Å². The van der Waals surface area contributed by atoms with Gasteiger partial charge < -0.3 is 14.8 Å². The van der Waals surface area contributed by atoms with Gasteiger partial charge in [-0.25, -0.2) is 4.79 Å². The summed E-state index contributed by atoms with van der Waals surface area (Å²) in [5.74, 6) is 0. The van der Waals surface area contributed by atoms with Crippen molar-refractivity contribution in [1.82, 2.24) is 5.32 Å². The standard InChI is InChI=1S/C17H17NO2.C5H10O2/c19-17(20-12-13-6-2-1-3-7-13)18-16-10-14-8-4-5-9-15(14)11-16;1-5(2,3)7-4-6/h1-9,16H,10-12H2,(H,18,19);4H,1-3H3. The molecule has 0 aliphatic heterocycles. The summed E-state index contributed by atoms with van der Waals surface area (Å²) < 4.78 is 9.79. The van der Waals surface area contributed by atoms with E-state index < -0.39 is 0 Å². The molecule has 2 aromatic rings. The monoisotopic (exact) mass is 369 g/mol. The van der Waals surface area contributed by atoms with Gasteiger partial charge >= 0.3 is 6.09 Å². The van der Waals surface area contributed by atoms with E-state index in [1.165, 1.54) is 11.1 Å². The number of hydrogen-bond acceptors (Lipinski definition) is 4. The van der Waals surface area contributed by atoms with Crippen LogP contribution < -0.4 is 5.32 Å². The Labute approximate surface area is 160 Å². The van der Waals surface area contributed by atoms with Gasteiger partial charge in [0, 0.05) is 6.04 Å². The van der Waals surface area contributed by atoms with Crippen LogP contribution in [0.15, 0.2) is 54.6 Å². The maximum Gasteiger partial charge on any atom is 0.407 e. The van der Waals surface area contributed by atoms with Crippen LogP contribution in [0.5, 0.6) is 0 Å². The summed E-state index contributed by atoms with van der Waals surface area (Å²) in [6.07, 6.45) is 1.43. The molecular formula is C22H27NO4. The second-order valence-corrected chi connectivity index (χ2v) is 7.41. The molecule has 0 heterocycles. The molecule has 1 aliphatic rings. The van der Waals surface area contributed by atoms with Crippen molar-refractivity contribution in [1.29, 1.82) is 0 Å². The van der Waals surface area contributed by atoms with Crippen molar-refractivity contribution in [3.05, 3.63) is 71.3 Å². The number of fused-ring (bicyclic) bond motifs is 1. The third-order valence-electron chi connectivity index (χ3n) is 3.99. The van der Waals surface area contributed by atoms with Crippen LogP contribution in [-0.4, -0.2) is 24.2 Å². The lowest BCUT2D eigenvalue weighted by Gasteiger charge is -2.14. The Kier molecular flexibility index (Phi) is 7.41. The highest BCUT2D eigenvalue weighted by Gasteiger charge is 2.22. The quantitative estimate of drug-likeness (QED) is 0.826. The normalized spacial score (nSPS) is 13.0. The van der Waals surface area contributed by atoms with Crippen LogP contribution in [0.3, 0.4) is 0 Å². The van der Waals surface area contributed by atoms with E-state index in [1.54, 1.807) is 0 Å². The van der Waals surface area contributed by atoms with Gasteiger partial charge in [-0.3, -0.25) is 4.79 Å². The number of benzene rings is 2. The molecule has 0 unspecified atom stereocenters. The summed E-state index contributed by atoms with van der Waals surface area (Å²) in [6.45, 7) is 6.23. The Morgan fingerprint density at radius 2 is 1.59 bits per heavy atom. The fourth-order valence-electron chi connectivity index (χ4n) is 2.74. The van der Waals surface area contributed by atoms with Gasteiger partial charge in [-0.2, -0.15) is 0 Å². The fourth-order valence-corrected chi connectivity index (χ4v) is 2.74. The van der Waals surface area contributed by atoms with Crippen molar-refractivity contribution in [2.45, 2.75) is 51.9 Å². The first-order chi connectivity index (χ1) is 12.9. The summed E-state index contributed by atoms with van der Waals surface area (Å²) in [5, 5.41) is 2.93. The van der Waals surface area contributed by atoms with E-state index in [-0.39, 0.29) is 17.7 Å². The molecule has 0 fully saturated rings. The van der Waals surface area contributed by atoms with Crippen LogP contribution in [0.4, 0.5) is 4.79 Å². The SMILES string of the molecule is CC(C)(C)OC=O.O=C(NC1Cc2ccccc2C1)OCc1ccccc1. The van der Waals surface area contributed by atoms with E-state index in [2.05, 4.69) is 22.2 Å². The molecule has 0 bridgehead atoms. The topological polar surface area (TPSA) is 64.6 Å². The highest BCUT2D eigenvalue weighted by atomic mass is 16.5. The minimum absolute atomic E-state index is 0.149. The van der Waals surface area contributed by atoms with Crippen LogP contribution in [0.2, 0.25) is 0 Å². The maximum absolute atomic E-state index is 11.8. The number of nitrogens with one attached hydrogen (secondary N) is 1. The zero-order valence-corrected chi connectivity index (χ0v) is 16.1. The smallest absolute Gasteiger partial charge is 0.407 e. The van der Waals surface area contributed by atoms with Crippen LogP contribution in [0, 0.1) is 0 Å². The highest BCUT2D eigenvalue weighted by Crippen LogP contribution is 2.21. The van der Waals surface area contributed by atoms with E-state index in [9.17, 15) is 9.59 Å². The lowest BCUT2D eigenvalue weighted by Crippen LogP contribution is -2.35. The lowest BCUT2D eigenvalue weighted by atomic mass is 10.1. The first kappa shape index (κ1) is 20.5. The molecule has 1 aliphatic carbocycles. The molecule has 5 heteroatoms. The minimum Gasteiger partial charge on any atom is -0.462 e. The van der Waals surface area contributed by atoms with Gasteiger partial charge in [-0.15, -0.1) is 0 Å². The first-order valence-electron chi connectivity index (χ1n) is 9.03. The van der Waals surface area contributed by atoms with E-state index >= 15 is 0 Å². The molecule has 5 nitrogen and oxygen atoms in total. The molecular weight excluding hydrogens is 342 g/mol. The second kappa shape index (κ2) is 9.76. The second-order valence-electron chi connectivity index (χ2n) is 7.41. The van der Waals surface area contributed by atoms with E-state index in [0.717, 1.165) is 18.4 Å². The van der Waals surface area contributed by atoms with Crippen molar-refractivity contribution in [3.63, 3.8) is 0 Å². The van der Waals surface area contributed by atoms with Crippen molar-refractivity contribution in [3.8, 4) is 0 Å². The number of hydrogen-bond donors (Lipinski definition) is 1. The Morgan fingerprint density at radius 1 is 1.04 bits per heavy atom. The maximum atomic E-state index is 11.8. The van der Waals surface area contributed by atoms with Crippen molar-refractivity contribution in [2.75, 3.05) is 0 Å². The summed E-state index contributed by atoms with van der Waals surface area (Å²) in [4.78, 5) is 21.4. The predicted molar refractivity (Wildman–Crippen MR) is 104 cm³/mol. The number of carbonyl (C=O) groups excluding carboxylic acids is 2. The molecule has 0 radical (unpaired) electrons. The summed E-state index contributed by atoms with van der Waals surface area (Å²) in [7, 11) is 0. The fraction of sp³-hybridized carbons (Fsp3) is 0.364. The van der Waals surface area contributed by atoms with Crippen molar-refractivity contribution < 1.29 is 19.1 Å². The Bertz CT molecular complexity index is 712. The zero-order chi connectivity index (χ0) is 19.7. The third-order valence-corrected chi connectivity index (χ3v) is 3.99. The molecule has 0 saturated carbocycles. The van der Waals surface area contributed by atoms with E-state index in [0.29, 0.717) is 13.1 Å². The first-order valence-corrected chi connectivity index (χ1v) is 9.03. The molecule has 1 amide bonds. The molecule has 0 spiro atoms. The molecule has 0 atom stereocenters. The number of rotatable bonds is 4. The Balaban J connectivity index is 0.000000321. The lowest BCUT2D eigenvalue weighted by molar-refractivity contribution is -0.138. The summed E-state index contributed by atoms with van der Waals surface area (Å²) >= 11 is 0. The molecule has 0 aromatic heterocycles. The van der Waals surface area contributed by atoms with Crippen molar-refractivity contribution >= 4 is 12.6 Å². The largest absolute Gasteiger partial charge is 0.462 e. The molecule has 1 N–H and O–H groups in total. The number of amides is 1. The van der Waals surface area contributed by atoms with Gasteiger partial charge in [-0.05, 0) is 50.3 Å². The number of alkyl carbamates (subject to hydrolysis) is 1. The van der Waals surface area contributed by atoms with Gasteiger partial charge in [0.1, 0.15) is 12.2 Å². The van der Waals surface area contributed by atoms with Crippen LogP contribution in [0.25, 0.3) is 0 Å². The Morgan fingerprint density at radius 3 is 2.07 bits per heavy atom. The predicted octanol–water partition coefficient (Wildman–Crippen LogP) is 4.04. The van der Waals surface area contributed by atoms with Gasteiger partial charge in [0.15, 0.2) is 0 Å². The van der Waals surface area contributed by atoms with Crippen LogP contribution in [0.1, 0.15) is 37.5 Å². The number of carbonyl (C=O) groups is 2. The van der Waals surface area contributed by atoms with Gasteiger partial charge in [0.2, 0.25) is 0 Å². The van der Waals surface area contributed by atoms with E-state index in [1.807, 2.05) is 63.2 Å². The van der Waals surface area contributed by atoms with Crippen LogP contribution >= 0.6 is 0 Å². The Hall–Kier alpha value is -2.82. The molecule has 144 valence electrons. The average Bonchev–Trinajstić information content (AvgIpc) is 3.02. The van der Waals surface area contributed by atoms with Gasteiger partial charge in [0.05, 0.1) is 0 Å². The molecule has 3 rings (SSSR count). The molecule has 2 aromatic carbocycles. The number of ether oxygens (including phenoxy) is 2. The minimum atomic E-state index is -0.341. The average molecular weight is 369 g/mol. The van der Waals surface area contributed by atoms with Crippen LogP contribution in [-0.2, 0) is 33.7 Å².